The van der Waals surface area contributed by atoms with Gasteiger partial charge in [-0.1, -0.05) is 6.07 Å². The standard InChI is InChI=1S/C18H17N3O2S/c1-11(13-3-2-8-19-10-13)21(14-5-6-14)17(22)12-4-7-15-16(9-12)23-18(24)20-15/h2-4,7-11,14H,5-6H2,1H3,(H,20,24)/t11-/m0/s1. The Morgan fingerprint density at radius 3 is 2.96 bits per heavy atom. The number of rotatable bonds is 4. The summed E-state index contributed by atoms with van der Waals surface area (Å²) >= 11 is 5.01. The zero-order valence-electron chi connectivity index (χ0n) is 13.2. The van der Waals surface area contributed by atoms with Crippen LogP contribution in [0.1, 0.15) is 41.7 Å². The number of H-pyrrole nitrogens is 1. The van der Waals surface area contributed by atoms with Gasteiger partial charge in [0.1, 0.15) is 0 Å². The van der Waals surface area contributed by atoms with Crippen LogP contribution in [-0.2, 0) is 0 Å². The summed E-state index contributed by atoms with van der Waals surface area (Å²) in [6.45, 7) is 2.05. The van der Waals surface area contributed by atoms with Gasteiger partial charge in [-0.05, 0) is 61.8 Å². The lowest BCUT2D eigenvalue weighted by molar-refractivity contribution is 0.0673. The molecule has 6 heteroatoms. The SMILES string of the molecule is C[C@@H](c1cccnc1)N(C(=O)c1ccc2[nH]c(=S)oc2c1)C1CC1. The third-order valence-corrected chi connectivity index (χ3v) is 4.61. The van der Waals surface area contributed by atoms with Gasteiger partial charge in [0.25, 0.3) is 10.7 Å². The third kappa shape index (κ3) is 2.73. The van der Waals surface area contributed by atoms with Gasteiger partial charge >= 0.3 is 0 Å². The van der Waals surface area contributed by atoms with Crippen LogP contribution in [0, 0.1) is 4.84 Å². The van der Waals surface area contributed by atoms with Gasteiger partial charge in [0.05, 0.1) is 11.6 Å². The Labute approximate surface area is 144 Å². The van der Waals surface area contributed by atoms with Gasteiger partial charge in [-0.2, -0.15) is 0 Å². The number of pyridine rings is 1. The molecule has 0 saturated heterocycles. The second-order valence-corrected chi connectivity index (χ2v) is 6.50. The normalized spacial score (nSPS) is 15.4. The highest BCUT2D eigenvalue weighted by Gasteiger charge is 2.36. The summed E-state index contributed by atoms with van der Waals surface area (Å²) in [5.74, 6) is 0.0121. The van der Waals surface area contributed by atoms with Crippen molar-refractivity contribution in [3.05, 3.63) is 58.7 Å². The Hall–Kier alpha value is -2.47. The number of aromatic amines is 1. The molecule has 0 spiro atoms. The van der Waals surface area contributed by atoms with Gasteiger partial charge in [-0.25, -0.2) is 0 Å². The van der Waals surface area contributed by atoms with Crippen LogP contribution in [0.2, 0.25) is 0 Å². The molecule has 1 fully saturated rings. The summed E-state index contributed by atoms with van der Waals surface area (Å²) in [5, 5.41) is 0. The van der Waals surface area contributed by atoms with Gasteiger partial charge in [0.15, 0.2) is 5.58 Å². The number of amides is 1. The van der Waals surface area contributed by atoms with E-state index >= 15 is 0 Å². The maximum absolute atomic E-state index is 13.1. The summed E-state index contributed by atoms with van der Waals surface area (Å²) < 4.78 is 5.44. The molecule has 1 aliphatic carbocycles. The lowest BCUT2D eigenvalue weighted by Gasteiger charge is -2.29. The Bertz CT molecular complexity index is 944. The van der Waals surface area contributed by atoms with Crippen LogP contribution in [0.5, 0.6) is 0 Å². The molecule has 1 aliphatic rings. The van der Waals surface area contributed by atoms with Crippen molar-refractivity contribution in [2.75, 3.05) is 0 Å². The molecule has 2 heterocycles. The van der Waals surface area contributed by atoms with E-state index in [0.29, 0.717) is 22.0 Å². The Morgan fingerprint density at radius 2 is 2.25 bits per heavy atom. The molecule has 1 atom stereocenters. The molecule has 122 valence electrons. The molecule has 24 heavy (non-hydrogen) atoms. The first-order valence-electron chi connectivity index (χ1n) is 7.99. The average Bonchev–Trinajstić information content (AvgIpc) is 3.35. The molecule has 4 rings (SSSR count). The van der Waals surface area contributed by atoms with Crippen LogP contribution in [0.25, 0.3) is 11.1 Å². The smallest absolute Gasteiger partial charge is 0.266 e. The lowest BCUT2D eigenvalue weighted by atomic mass is 10.1. The molecule has 1 saturated carbocycles. The number of fused-ring (bicyclic) bond motifs is 1. The first kappa shape index (κ1) is 15.1. The highest BCUT2D eigenvalue weighted by Crippen LogP contribution is 2.35. The molecule has 1 amide bonds. The topological polar surface area (TPSA) is 62.1 Å². The Balaban J connectivity index is 1.69. The number of carbonyl (C=O) groups excluding carboxylic acids is 1. The van der Waals surface area contributed by atoms with Crippen molar-refractivity contribution in [1.29, 1.82) is 0 Å². The second kappa shape index (κ2) is 5.87. The fourth-order valence-electron chi connectivity index (χ4n) is 3.02. The van der Waals surface area contributed by atoms with E-state index in [0.717, 1.165) is 23.9 Å². The number of carbonyl (C=O) groups is 1. The highest BCUT2D eigenvalue weighted by molar-refractivity contribution is 7.71. The van der Waals surface area contributed by atoms with Crippen molar-refractivity contribution < 1.29 is 9.21 Å². The lowest BCUT2D eigenvalue weighted by Crippen LogP contribution is -2.35. The molecule has 3 aromatic rings. The van der Waals surface area contributed by atoms with E-state index in [2.05, 4.69) is 9.97 Å². The van der Waals surface area contributed by atoms with Crippen molar-refractivity contribution in [2.24, 2.45) is 0 Å². The zero-order chi connectivity index (χ0) is 16.7. The molecule has 1 aromatic carbocycles. The van der Waals surface area contributed by atoms with Crippen LogP contribution >= 0.6 is 12.2 Å². The summed E-state index contributed by atoms with van der Waals surface area (Å²) in [5.41, 5.74) is 3.06. The van der Waals surface area contributed by atoms with Gasteiger partial charge in [0.2, 0.25) is 0 Å². The van der Waals surface area contributed by atoms with Crippen molar-refractivity contribution >= 4 is 29.2 Å². The molecule has 1 N–H and O–H groups in total. The van der Waals surface area contributed by atoms with E-state index in [9.17, 15) is 4.79 Å². The number of benzene rings is 1. The average molecular weight is 339 g/mol. The van der Waals surface area contributed by atoms with Gasteiger partial charge in [-0.3, -0.25) is 9.78 Å². The van der Waals surface area contributed by atoms with E-state index < -0.39 is 0 Å². The minimum absolute atomic E-state index is 0.0121. The minimum atomic E-state index is -0.0212. The van der Waals surface area contributed by atoms with Crippen molar-refractivity contribution in [3.8, 4) is 0 Å². The third-order valence-electron chi connectivity index (χ3n) is 4.43. The number of aromatic nitrogens is 2. The molecule has 0 radical (unpaired) electrons. The second-order valence-electron chi connectivity index (χ2n) is 6.13. The monoisotopic (exact) mass is 339 g/mol. The quantitative estimate of drug-likeness (QED) is 0.722. The number of nitrogens with zero attached hydrogens (tertiary/aromatic N) is 2. The van der Waals surface area contributed by atoms with E-state index in [1.54, 1.807) is 12.3 Å². The van der Waals surface area contributed by atoms with Crippen LogP contribution in [0.15, 0.2) is 47.1 Å². The number of oxazole rings is 1. The largest absolute Gasteiger partial charge is 0.429 e. The number of hydrogen-bond donors (Lipinski definition) is 1. The van der Waals surface area contributed by atoms with Crippen molar-refractivity contribution in [3.63, 3.8) is 0 Å². The zero-order valence-corrected chi connectivity index (χ0v) is 14.0. The molecule has 0 unspecified atom stereocenters. The first-order valence-corrected chi connectivity index (χ1v) is 8.40. The van der Waals surface area contributed by atoms with Crippen molar-refractivity contribution in [2.45, 2.75) is 31.8 Å². The fraction of sp³-hybridized carbons (Fsp3) is 0.278. The molecule has 5 nitrogen and oxygen atoms in total. The number of hydrogen-bond acceptors (Lipinski definition) is 4. The molecule has 0 aliphatic heterocycles. The fourth-order valence-corrected chi connectivity index (χ4v) is 3.22. The maximum atomic E-state index is 13.1. The summed E-state index contributed by atoms with van der Waals surface area (Å²) in [7, 11) is 0. The molecular formula is C18H17N3O2S. The number of nitrogens with one attached hydrogen (secondary N) is 1. The summed E-state index contributed by atoms with van der Waals surface area (Å²) in [6.07, 6.45) is 5.65. The van der Waals surface area contributed by atoms with Crippen LogP contribution in [-0.4, -0.2) is 26.8 Å². The Kier molecular flexibility index (Phi) is 3.69. The summed E-state index contributed by atoms with van der Waals surface area (Å²) in [6, 6.07) is 9.59. The maximum Gasteiger partial charge on any atom is 0.266 e. The predicted molar refractivity (Wildman–Crippen MR) is 93.2 cm³/mol. The molecular weight excluding hydrogens is 322 g/mol. The van der Waals surface area contributed by atoms with Gasteiger partial charge in [0, 0.05) is 24.0 Å². The summed E-state index contributed by atoms with van der Waals surface area (Å²) in [4.78, 5) is 22.5. The van der Waals surface area contributed by atoms with E-state index in [1.165, 1.54) is 0 Å². The highest BCUT2D eigenvalue weighted by atomic mass is 32.1. The van der Waals surface area contributed by atoms with Crippen LogP contribution < -0.4 is 0 Å². The van der Waals surface area contributed by atoms with Crippen LogP contribution in [0.4, 0.5) is 0 Å². The van der Waals surface area contributed by atoms with Crippen LogP contribution in [0.3, 0.4) is 0 Å². The minimum Gasteiger partial charge on any atom is -0.429 e. The predicted octanol–water partition coefficient (Wildman–Crippen LogP) is 4.25. The Morgan fingerprint density at radius 1 is 1.42 bits per heavy atom. The first-order chi connectivity index (χ1) is 11.6. The molecule has 0 bridgehead atoms. The molecule has 2 aromatic heterocycles. The van der Waals surface area contributed by atoms with Gasteiger partial charge in [-0.15, -0.1) is 0 Å². The van der Waals surface area contributed by atoms with Crippen molar-refractivity contribution in [1.82, 2.24) is 14.9 Å². The van der Waals surface area contributed by atoms with E-state index in [1.807, 2.05) is 42.3 Å². The van der Waals surface area contributed by atoms with E-state index in [-0.39, 0.29) is 11.9 Å². The van der Waals surface area contributed by atoms with Gasteiger partial charge < -0.3 is 14.3 Å². The van der Waals surface area contributed by atoms with E-state index in [4.69, 9.17) is 16.6 Å².